The van der Waals surface area contributed by atoms with E-state index in [-0.39, 0.29) is 18.2 Å². The zero-order valence-electron chi connectivity index (χ0n) is 16.1. The number of carbonyl (C=O) groups is 2. The molecule has 2 amide bonds. The highest BCUT2D eigenvalue weighted by Gasteiger charge is 2.35. The quantitative estimate of drug-likeness (QED) is 0.420. The molecule has 1 heterocycles. The van der Waals surface area contributed by atoms with Crippen molar-refractivity contribution in [1.29, 1.82) is 5.26 Å². The molecule has 6 heteroatoms. The summed E-state index contributed by atoms with van der Waals surface area (Å²) in [7, 11) is 1.58. The molecule has 0 radical (unpaired) electrons. The van der Waals surface area contributed by atoms with Crippen molar-refractivity contribution < 1.29 is 19.1 Å². The Balaban J connectivity index is 2.30. The Morgan fingerprint density at radius 3 is 2.41 bits per heavy atom. The van der Waals surface area contributed by atoms with Crippen LogP contribution in [0.1, 0.15) is 32.8 Å². The number of ether oxygens (including phenoxy) is 2. The van der Waals surface area contributed by atoms with E-state index in [2.05, 4.69) is 0 Å². The molecule has 1 aliphatic heterocycles. The number of amides is 2. The average Bonchev–Trinajstić information content (AvgIpc) is 2.65. The van der Waals surface area contributed by atoms with Gasteiger partial charge in [0.15, 0.2) is 0 Å². The molecule has 0 aliphatic carbocycles. The van der Waals surface area contributed by atoms with Crippen LogP contribution in [0.15, 0.2) is 41.0 Å². The van der Waals surface area contributed by atoms with Crippen molar-refractivity contribution in [3.05, 3.63) is 46.5 Å². The summed E-state index contributed by atoms with van der Waals surface area (Å²) in [5.74, 6) is -0.229. The highest BCUT2D eigenvalue weighted by Crippen LogP contribution is 2.27. The molecule has 2 rings (SSSR count). The minimum Gasteiger partial charge on any atom is -0.497 e. The van der Waals surface area contributed by atoms with Gasteiger partial charge >= 0.3 is 0 Å². The van der Waals surface area contributed by atoms with Gasteiger partial charge in [-0.1, -0.05) is 12.1 Å². The molecule has 1 aromatic rings. The van der Waals surface area contributed by atoms with Crippen molar-refractivity contribution in [2.45, 2.75) is 33.3 Å². The first-order valence-electron chi connectivity index (χ1n) is 8.84. The summed E-state index contributed by atoms with van der Waals surface area (Å²) in [6.07, 6.45) is 2.29. The van der Waals surface area contributed by atoms with E-state index in [1.54, 1.807) is 32.2 Å². The maximum atomic E-state index is 12.9. The lowest BCUT2D eigenvalue weighted by atomic mass is 9.93. The highest BCUT2D eigenvalue weighted by molar-refractivity contribution is 6.19. The van der Waals surface area contributed by atoms with Crippen molar-refractivity contribution in [1.82, 2.24) is 4.90 Å². The second kappa shape index (κ2) is 9.15. The van der Waals surface area contributed by atoms with Crippen LogP contribution in [0.5, 0.6) is 5.75 Å². The first kappa shape index (κ1) is 20.4. The number of nitriles is 1. The fraction of sp³-hybridized carbons (Fsp3) is 0.381. The summed E-state index contributed by atoms with van der Waals surface area (Å²) in [6, 6.07) is 9.15. The normalized spacial score (nSPS) is 16.3. The van der Waals surface area contributed by atoms with Gasteiger partial charge < -0.3 is 9.47 Å². The lowest BCUT2D eigenvalue weighted by molar-refractivity contribution is -0.140. The summed E-state index contributed by atoms with van der Waals surface area (Å²) in [5, 5.41) is 9.40. The molecule has 6 nitrogen and oxygen atoms in total. The predicted molar refractivity (Wildman–Crippen MR) is 102 cm³/mol. The van der Waals surface area contributed by atoms with E-state index in [4.69, 9.17) is 9.47 Å². The van der Waals surface area contributed by atoms with Gasteiger partial charge in [-0.3, -0.25) is 14.5 Å². The molecule has 0 aromatic heterocycles. The van der Waals surface area contributed by atoms with Crippen LogP contribution in [0.3, 0.4) is 0 Å². The average molecular weight is 368 g/mol. The number of imide groups is 1. The predicted octanol–water partition coefficient (Wildman–Crippen LogP) is 3.10. The second-order valence-corrected chi connectivity index (χ2v) is 6.48. The van der Waals surface area contributed by atoms with E-state index in [1.807, 2.05) is 32.0 Å². The molecule has 0 atom stereocenters. The van der Waals surface area contributed by atoms with Gasteiger partial charge in [0.05, 0.1) is 13.2 Å². The third-order valence-corrected chi connectivity index (χ3v) is 4.23. The van der Waals surface area contributed by atoms with E-state index < -0.39 is 11.8 Å². The molecular weight excluding hydrogens is 344 g/mol. The van der Waals surface area contributed by atoms with E-state index in [0.717, 1.165) is 10.5 Å². The maximum Gasteiger partial charge on any atom is 0.271 e. The van der Waals surface area contributed by atoms with Crippen molar-refractivity contribution in [2.75, 3.05) is 20.3 Å². The molecule has 142 valence electrons. The maximum absolute atomic E-state index is 12.9. The van der Waals surface area contributed by atoms with Crippen LogP contribution in [0, 0.1) is 11.3 Å². The second-order valence-electron chi connectivity index (χ2n) is 6.48. The molecule has 0 spiro atoms. The molecule has 1 aromatic carbocycles. The van der Waals surface area contributed by atoms with Crippen molar-refractivity contribution >= 4 is 17.9 Å². The fourth-order valence-electron chi connectivity index (χ4n) is 2.74. The smallest absolute Gasteiger partial charge is 0.271 e. The minimum atomic E-state index is -0.545. The standard InChI is InChI=1S/C21H24N2O4/c1-14(2)27-11-5-10-23-20(24)18(15(3)19(13-22)21(23)25)12-16-6-8-17(26-4)9-7-16/h6-9,12,14H,5,10-11H2,1-4H3/b18-12+. The topological polar surface area (TPSA) is 79.6 Å². The lowest BCUT2D eigenvalue weighted by Gasteiger charge is -2.27. The van der Waals surface area contributed by atoms with Gasteiger partial charge in [-0.05, 0) is 56.5 Å². The zero-order valence-corrected chi connectivity index (χ0v) is 16.1. The van der Waals surface area contributed by atoms with Crippen LogP contribution in [-0.2, 0) is 14.3 Å². The molecule has 27 heavy (non-hydrogen) atoms. The zero-order chi connectivity index (χ0) is 20.0. The summed E-state index contributed by atoms with van der Waals surface area (Å²) in [6.45, 7) is 6.13. The summed E-state index contributed by atoms with van der Waals surface area (Å²) in [4.78, 5) is 26.5. The Kier molecular flexibility index (Phi) is 6.91. The lowest BCUT2D eigenvalue weighted by Crippen LogP contribution is -2.43. The van der Waals surface area contributed by atoms with Gasteiger partial charge in [-0.15, -0.1) is 0 Å². The first-order valence-corrected chi connectivity index (χ1v) is 8.84. The third-order valence-electron chi connectivity index (χ3n) is 4.23. The Morgan fingerprint density at radius 1 is 1.19 bits per heavy atom. The molecule has 0 bridgehead atoms. The molecule has 1 aliphatic rings. The van der Waals surface area contributed by atoms with Gasteiger partial charge in [0, 0.05) is 18.7 Å². The number of rotatable bonds is 7. The van der Waals surface area contributed by atoms with Gasteiger partial charge in [0.1, 0.15) is 17.4 Å². The third kappa shape index (κ3) is 4.83. The Hall–Kier alpha value is -2.91. The fourth-order valence-corrected chi connectivity index (χ4v) is 2.74. The number of benzene rings is 1. The molecule has 0 saturated carbocycles. The first-order chi connectivity index (χ1) is 12.9. The van der Waals surface area contributed by atoms with Crippen molar-refractivity contribution in [2.24, 2.45) is 0 Å². The number of hydrogen-bond donors (Lipinski definition) is 0. The molecular formula is C21H24N2O4. The van der Waals surface area contributed by atoms with E-state index in [0.29, 0.717) is 29.9 Å². The number of hydrogen-bond acceptors (Lipinski definition) is 5. The van der Waals surface area contributed by atoms with E-state index >= 15 is 0 Å². The largest absolute Gasteiger partial charge is 0.497 e. The van der Waals surface area contributed by atoms with Crippen LogP contribution in [0.2, 0.25) is 0 Å². The number of carbonyl (C=O) groups excluding carboxylic acids is 2. The van der Waals surface area contributed by atoms with Crippen LogP contribution >= 0.6 is 0 Å². The summed E-state index contributed by atoms with van der Waals surface area (Å²) < 4.78 is 10.6. The van der Waals surface area contributed by atoms with Crippen LogP contribution < -0.4 is 4.74 Å². The van der Waals surface area contributed by atoms with Gasteiger partial charge in [-0.2, -0.15) is 5.26 Å². The molecule has 0 N–H and O–H groups in total. The van der Waals surface area contributed by atoms with Gasteiger partial charge in [0.2, 0.25) is 0 Å². The summed E-state index contributed by atoms with van der Waals surface area (Å²) >= 11 is 0. The van der Waals surface area contributed by atoms with Gasteiger partial charge in [0.25, 0.3) is 11.8 Å². The highest BCUT2D eigenvalue weighted by atomic mass is 16.5. The van der Waals surface area contributed by atoms with E-state index in [9.17, 15) is 14.9 Å². The van der Waals surface area contributed by atoms with Crippen molar-refractivity contribution in [3.8, 4) is 11.8 Å². The van der Waals surface area contributed by atoms with Crippen LogP contribution in [0.4, 0.5) is 0 Å². The van der Waals surface area contributed by atoms with Crippen LogP contribution in [-0.4, -0.2) is 43.1 Å². The number of nitrogens with zero attached hydrogens (tertiary/aromatic N) is 2. The monoisotopic (exact) mass is 368 g/mol. The SMILES string of the molecule is COc1ccc(/C=C2/C(=O)N(CCCOC(C)C)C(=O)C(C#N)=C2C)cc1. The molecule has 0 saturated heterocycles. The Labute approximate surface area is 159 Å². The van der Waals surface area contributed by atoms with Crippen LogP contribution in [0.25, 0.3) is 6.08 Å². The Morgan fingerprint density at radius 2 is 1.85 bits per heavy atom. The molecule has 0 unspecified atom stereocenters. The van der Waals surface area contributed by atoms with E-state index in [1.165, 1.54) is 0 Å². The van der Waals surface area contributed by atoms with Gasteiger partial charge in [-0.25, -0.2) is 0 Å². The minimum absolute atomic E-state index is 0.000797. The number of methoxy groups -OCH3 is 1. The molecule has 0 fully saturated rings. The Bertz CT molecular complexity index is 814. The van der Waals surface area contributed by atoms with Crippen molar-refractivity contribution in [3.63, 3.8) is 0 Å². The summed E-state index contributed by atoms with van der Waals surface area (Å²) in [5.41, 5.74) is 1.53.